The Morgan fingerprint density at radius 2 is 1.08 bits per heavy atom. The highest BCUT2D eigenvalue weighted by Gasteiger charge is 2.20. The van der Waals surface area contributed by atoms with Crippen LogP contribution in [-0.2, 0) is 26.6 Å². The van der Waals surface area contributed by atoms with Crippen molar-refractivity contribution in [3.8, 4) is 55.9 Å². The number of rotatable bonds is 13. The lowest BCUT2D eigenvalue weighted by molar-refractivity contribution is 0.301. The Hall–Kier alpha value is -7.14. The molecule has 0 aliphatic heterocycles. The number of aliphatic hydroxyl groups excluding tert-OH is 1. The van der Waals surface area contributed by atoms with Crippen LogP contribution in [0.4, 0.5) is 0 Å². The topological polar surface area (TPSA) is 190 Å². The van der Waals surface area contributed by atoms with Gasteiger partial charge in [-0.1, -0.05) is 42.5 Å². The number of hydrogen-bond acceptors (Lipinski definition) is 11. The van der Waals surface area contributed by atoms with Crippen LogP contribution in [0.15, 0.2) is 174 Å². The molecule has 306 valence electrons. The molecule has 62 heavy (non-hydrogen) atoms. The van der Waals surface area contributed by atoms with Crippen molar-refractivity contribution in [1.82, 2.24) is 39.3 Å². The van der Waals surface area contributed by atoms with Crippen molar-refractivity contribution in [2.24, 2.45) is 0 Å². The van der Waals surface area contributed by atoms with E-state index >= 15 is 0 Å². The lowest BCUT2D eigenvalue weighted by atomic mass is 9.94. The zero-order valence-electron chi connectivity index (χ0n) is 32.8. The summed E-state index contributed by atoms with van der Waals surface area (Å²) in [6.07, 6.45) is 10.3. The van der Waals surface area contributed by atoms with Gasteiger partial charge in [-0.15, -0.1) is 0 Å². The van der Waals surface area contributed by atoms with Gasteiger partial charge in [0.2, 0.25) is 20.0 Å². The van der Waals surface area contributed by atoms with Gasteiger partial charge in [-0.25, -0.2) is 36.2 Å². The van der Waals surface area contributed by atoms with E-state index in [2.05, 4.69) is 24.4 Å². The fourth-order valence-electron chi connectivity index (χ4n) is 7.23. The highest BCUT2D eigenvalue weighted by molar-refractivity contribution is 7.89. The standard InChI is InChI=1S/C47H36N8O5S2/c56-25-24-52-61(57,58)37-8-2-7-36(27-37)42-11-13-44-47(55-42)45(33-16-21-49-22-17-33)40(30-51-44)34-5-1-4-31(26-34)29-53-62(59,60)38-9-3-6-35(28-38)41-10-12-43-46(54-41)39(18-23-50-43)32-14-19-48-20-15-32/h1-23,26-28,30,52-53,56H,24-25,29H2. The summed E-state index contributed by atoms with van der Waals surface area (Å²) in [7, 11) is -7.83. The molecule has 0 atom stereocenters. The maximum atomic E-state index is 13.8. The average molecular weight is 857 g/mol. The van der Waals surface area contributed by atoms with Crippen LogP contribution in [0, 0.1) is 0 Å². The molecule has 13 nitrogen and oxygen atoms in total. The maximum absolute atomic E-state index is 13.8. The second kappa shape index (κ2) is 17.1. The average Bonchev–Trinajstić information content (AvgIpc) is 3.32. The van der Waals surface area contributed by atoms with E-state index in [1.165, 1.54) is 12.1 Å². The number of aromatic nitrogens is 6. The Kier molecular flexibility index (Phi) is 11.1. The van der Waals surface area contributed by atoms with Crippen molar-refractivity contribution < 1.29 is 21.9 Å². The van der Waals surface area contributed by atoms with Gasteiger partial charge in [-0.3, -0.25) is 19.9 Å². The molecule has 0 amide bonds. The predicted molar refractivity (Wildman–Crippen MR) is 238 cm³/mol. The van der Waals surface area contributed by atoms with Gasteiger partial charge in [0.05, 0.1) is 49.9 Å². The molecule has 0 saturated carbocycles. The summed E-state index contributed by atoms with van der Waals surface area (Å²) in [5.41, 5.74) is 10.6. The lowest BCUT2D eigenvalue weighted by Crippen LogP contribution is -2.26. The maximum Gasteiger partial charge on any atom is 0.240 e. The van der Waals surface area contributed by atoms with Crippen LogP contribution in [0.1, 0.15) is 5.56 Å². The summed E-state index contributed by atoms with van der Waals surface area (Å²) < 4.78 is 58.6. The Morgan fingerprint density at radius 1 is 0.500 bits per heavy atom. The third-order valence-corrected chi connectivity index (χ3v) is 13.1. The van der Waals surface area contributed by atoms with Crippen molar-refractivity contribution in [1.29, 1.82) is 0 Å². The number of sulfonamides is 2. The van der Waals surface area contributed by atoms with Gasteiger partial charge >= 0.3 is 0 Å². The van der Waals surface area contributed by atoms with Gasteiger partial charge in [0.25, 0.3) is 0 Å². The van der Waals surface area contributed by atoms with Crippen LogP contribution in [0.3, 0.4) is 0 Å². The zero-order chi connectivity index (χ0) is 42.7. The van der Waals surface area contributed by atoms with Gasteiger partial charge < -0.3 is 5.11 Å². The van der Waals surface area contributed by atoms with E-state index in [0.29, 0.717) is 50.1 Å². The van der Waals surface area contributed by atoms with Crippen molar-refractivity contribution in [3.05, 3.63) is 170 Å². The Bertz CT molecular complexity index is 3340. The molecule has 9 aromatic rings. The number of nitrogens with one attached hydrogen (secondary N) is 2. The summed E-state index contributed by atoms with van der Waals surface area (Å²) in [5.74, 6) is 0. The monoisotopic (exact) mass is 856 g/mol. The predicted octanol–water partition coefficient (Wildman–Crippen LogP) is 7.45. The first-order valence-electron chi connectivity index (χ1n) is 19.4. The molecule has 6 heterocycles. The molecule has 3 N–H and O–H groups in total. The van der Waals surface area contributed by atoms with Crippen LogP contribution >= 0.6 is 0 Å². The summed E-state index contributed by atoms with van der Waals surface area (Å²) in [6.45, 7) is -0.426. The van der Waals surface area contributed by atoms with Gasteiger partial charge in [0.15, 0.2) is 0 Å². The number of benzene rings is 3. The normalized spacial score (nSPS) is 11.9. The Labute approximate surface area is 357 Å². The van der Waals surface area contributed by atoms with Crippen LogP contribution in [0.2, 0.25) is 0 Å². The molecule has 15 heteroatoms. The van der Waals surface area contributed by atoms with Crippen molar-refractivity contribution >= 4 is 42.1 Å². The molecular weight excluding hydrogens is 821 g/mol. The van der Waals surface area contributed by atoms with Crippen LogP contribution in [0.5, 0.6) is 0 Å². The number of hydrogen-bond donors (Lipinski definition) is 3. The summed E-state index contributed by atoms with van der Waals surface area (Å²) >= 11 is 0. The molecule has 0 fully saturated rings. The third kappa shape index (κ3) is 8.30. The van der Waals surface area contributed by atoms with Crippen LogP contribution in [0.25, 0.3) is 78.0 Å². The molecule has 0 bridgehead atoms. The van der Waals surface area contributed by atoms with Gasteiger partial charge in [-0.2, -0.15) is 0 Å². The summed E-state index contributed by atoms with van der Waals surface area (Å²) in [4.78, 5) is 27.7. The minimum Gasteiger partial charge on any atom is -0.395 e. The molecular formula is C47H36N8O5S2. The SMILES string of the molecule is O=S(=O)(NCCO)c1cccc(-c2ccc3ncc(-c4cccc(CNS(=O)(=O)c5cccc(-c6ccc7nccc(-c8ccncc8)c7n6)c5)c4)c(-c4ccncc4)c3n2)c1. The highest BCUT2D eigenvalue weighted by Crippen LogP contribution is 2.38. The van der Waals surface area contributed by atoms with E-state index in [9.17, 15) is 16.8 Å². The number of aliphatic hydroxyl groups is 1. The van der Waals surface area contributed by atoms with Crippen molar-refractivity contribution in [3.63, 3.8) is 0 Å². The quantitative estimate of drug-likeness (QED) is 0.104. The van der Waals surface area contributed by atoms with Gasteiger partial charge in [-0.05, 0) is 107 Å². The molecule has 0 radical (unpaired) electrons. The first kappa shape index (κ1) is 40.3. The Morgan fingerprint density at radius 3 is 1.74 bits per heavy atom. The fraction of sp³-hybridized carbons (Fsp3) is 0.0638. The molecule has 0 aliphatic carbocycles. The number of fused-ring (bicyclic) bond motifs is 2. The van der Waals surface area contributed by atoms with E-state index < -0.39 is 20.0 Å². The second-order valence-corrected chi connectivity index (χ2v) is 17.7. The third-order valence-electron chi connectivity index (χ3n) is 10.2. The van der Waals surface area contributed by atoms with E-state index in [1.54, 1.807) is 73.6 Å². The second-order valence-electron chi connectivity index (χ2n) is 14.2. The molecule has 6 aromatic heterocycles. The van der Waals surface area contributed by atoms with E-state index in [0.717, 1.165) is 33.4 Å². The largest absolute Gasteiger partial charge is 0.395 e. The molecule has 0 spiro atoms. The molecule has 9 rings (SSSR count). The lowest BCUT2D eigenvalue weighted by Gasteiger charge is -2.15. The summed E-state index contributed by atoms with van der Waals surface area (Å²) in [5, 5.41) is 9.17. The highest BCUT2D eigenvalue weighted by atomic mass is 32.2. The molecule has 0 aliphatic rings. The van der Waals surface area contributed by atoms with Crippen molar-refractivity contribution in [2.45, 2.75) is 16.3 Å². The number of pyridine rings is 6. The van der Waals surface area contributed by atoms with E-state index in [1.807, 2.05) is 78.9 Å². The van der Waals surface area contributed by atoms with Gasteiger partial charge in [0, 0.05) is 78.1 Å². The van der Waals surface area contributed by atoms with Crippen LogP contribution in [-0.4, -0.2) is 65.0 Å². The summed E-state index contributed by atoms with van der Waals surface area (Å²) in [6, 6.07) is 37.5. The molecule has 0 saturated heterocycles. The fourth-order valence-corrected chi connectivity index (χ4v) is 9.36. The first-order valence-corrected chi connectivity index (χ1v) is 22.4. The van der Waals surface area contributed by atoms with E-state index in [4.69, 9.17) is 20.1 Å². The van der Waals surface area contributed by atoms with Crippen LogP contribution < -0.4 is 9.44 Å². The Balaban J connectivity index is 1.02. The first-order chi connectivity index (χ1) is 30.2. The zero-order valence-corrected chi connectivity index (χ0v) is 34.4. The minimum absolute atomic E-state index is 0.00992. The van der Waals surface area contributed by atoms with Gasteiger partial charge in [0.1, 0.15) is 0 Å². The van der Waals surface area contributed by atoms with Crippen molar-refractivity contribution in [2.75, 3.05) is 13.2 Å². The number of nitrogens with zero attached hydrogens (tertiary/aromatic N) is 6. The molecule has 3 aromatic carbocycles. The van der Waals surface area contributed by atoms with E-state index in [-0.39, 0.29) is 29.5 Å². The smallest absolute Gasteiger partial charge is 0.240 e. The minimum atomic E-state index is -3.97. The molecule has 0 unspecified atom stereocenters.